The number of amides is 1. The van der Waals surface area contributed by atoms with Gasteiger partial charge < -0.3 is 19.9 Å². The summed E-state index contributed by atoms with van der Waals surface area (Å²) in [7, 11) is 0. The second-order valence-corrected chi connectivity index (χ2v) is 4.76. The topological polar surface area (TPSA) is 84.9 Å². The molecule has 0 saturated carbocycles. The van der Waals surface area contributed by atoms with Crippen LogP contribution in [-0.2, 0) is 14.3 Å². The summed E-state index contributed by atoms with van der Waals surface area (Å²) in [6.45, 7) is 6.68. The fraction of sp³-hybridized carbons (Fsp3) is 0.800. The molecular formula is C10H17NO5. The second kappa shape index (κ2) is 4.29. The monoisotopic (exact) mass is 231 g/mol. The number of nitrogens with one attached hydrogen (secondary N) is 1. The van der Waals surface area contributed by atoms with E-state index in [0.717, 1.165) is 0 Å². The Balaban J connectivity index is 2.55. The molecule has 0 bridgehead atoms. The van der Waals surface area contributed by atoms with E-state index in [1.54, 1.807) is 27.7 Å². The number of carbonyl (C=O) groups excluding carboxylic acids is 2. The number of cyclic esters (lactones) is 1. The smallest absolute Gasteiger partial charge is 0.408 e. The van der Waals surface area contributed by atoms with Crippen molar-refractivity contribution in [2.45, 2.75) is 51.5 Å². The van der Waals surface area contributed by atoms with Gasteiger partial charge in [-0.2, -0.15) is 0 Å². The Kier molecular flexibility index (Phi) is 3.42. The highest BCUT2D eigenvalue weighted by Crippen LogP contribution is 2.16. The van der Waals surface area contributed by atoms with Gasteiger partial charge >= 0.3 is 12.1 Å². The fourth-order valence-electron chi connectivity index (χ4n) is 1.32. The third-order valence-electron chi connectivity index (χ3n) is 2.05. The molecule has 0 unspecified atom stereocenters. The number of aliphatic hydroxyl groups excluding tert-OH is 1. The van der Waals surface area contributed by atoms with Gasteiger partial charge in [0.15, 0.2) is 6.04 Å². The Morgan fingerprint density at radius 2 is 2.06 bits per heavy atom. The van der Waals surface area contributed by atoms with E-state index in [2.05, 4.69) is 5.32 Å². The predicted molar refractivity (Wildman–Crippen MR) is 54.7 cm³/mol. The molecule has 1 aliphatic rings. The Hall–Kier alpha value is -1.30. The Labute approximate surface area is 93.9 Å². The zero-order valence-electron chi connectivity index (χ0n) is 9.81. The van der Waals surface area contributed by atoms with E-state index >= 15 is 0 Å². The van der Waals surface area contributed by atoms with E-state index in [1.807, 2.05) is 0 Å². The molecular weight excluding hydrogens is 214 g/mol. The van der Waals surface area contributed by atoms with Crippen molar-refractivity contribution in [3.63, 3.8) is 0 Å². The summed E-state index contributed by atoms with van der Waals surface area (Å²) in [5.74, 6) is -0.647. The van der Waals surface area contributed by atoms with Crippen LogP contribution in [0.15, 0.2) is 0 Å². The van der Waals surface area contributed by atoms with E-state index in [1.165, 1.54) is 0 Å². The van der Waals surface area contributed by atoms with Crippen LogP contribution in [0.1, 0.15) is 27.7 Å². The van der Waals surface area contributed by atoms with Gasteiger partial charge in [-0.3, -0.25) is 0 Å². The van der Waals surface area contributed by atoms with Crippen molar-refractivity contribution in [1.29, 1.82) is 0 Å². The predicted octanol–water partition coefficient (Wildman–Crippen LogP) is 0.186. The largest absolute Gasteiger partial charge is 0.458 e. The molecule has 0 aliphatic carbocycles. The molecule has 16 heavy (non-hydrogen) atoms. The highest BCUT2D eigenvalue weighted by Gasteiger charge is 2.42. The number of carbonyl (C=O) groups is 2. The number of esters is 1. The van der Waals surface area contributed by atoms with Gasteiger partial charge in [0.1, 0.15) is 17.8 Å². The summed E-state index contributed by atoms with van der Waals surface area (Å²) in [6.07, 6.45) is -2.41. The third-order valence-corrected chi connectivity index (χ3v) is 2.05. The first-order chi connectivity index (χ1) is 7.20. The van der Waals surface area contributed by atoms with E-state index < -0.39 is 35.9 Å². The molecule has 2 N–H and O–H groups in total. The molecule has 1 heterocycles. The maximum absolute atomic E-state index is 11.4. The number of hydrogen-bond donors (Lipinski definition) is 2. The molecule has 0 aromatic rings. The minimum Gasteiger partial charge on any atom is -0.458 e. The van der Waals surface area contributed by atoms with Crippen LogP contribution in [0.25, 0.3) is 0 Å². The Morgan fingerprint density at radius 3 is 2.44 bits per heavy atom. The van der Waals surface area contributed by atoms with Crippen molar-refractivity contribution in [2.75, 3.05) is 0 Å². The molecule has 0 spiro atoms. The summed E-state index contributed by atoms with van der Waals surface area (Å²) in [5, 5.41) is 11.8. The number of hydrogen-bond acceptors (Lipinski definition) is 5. The molecule has 3 atom stereocenters. The number of aliphatic hydroxyl groups is 1. The average Bonchev–Trinajstić information content (AvgIpc) is 2.29. The molecule has 0 aromatic carbocycles. The van der Waals surface area contributed by atoms with E-state index in [0.29, 0.717) is 0 Å². The van der Waals surface area contributed by atoms with Gasteiger partial charge in [0.25, 0.3) is 0 Å². The molecule has 1 aliphatic heterocycles. The van der Waals surface area contributed by atoms with Crippen molar-refractivity contribution in [3.05, 3.63) is 0 Å². The van der Waals surface area contributed by atoms with Crippen LogP contribution in [0.4, 0.5) is 4.79 Å². The van der Waals surface area contributed by atoms with Gasteiger partial charge in [0.05, 0.1) is 0 Å². The van der Waals surface area contributed by atoms with Crippen molar-refractivity contribution in [2.24, 2.45) is 0 Å². The molecule has 1 fully saturated rings. The summed E-state index contributed by atoms with van der Waals surface area (Å²) < 4.78 is 9.72. The first kappa shape index (κ1) is 12.8. The fourth-order valence-corrected chi connectivity index (χ4v) is 1.32. The summed E-state index contributed by atoms with van der Waals surface area (Å²) in [4.78, 5) is 22.6. The molecule has 0 aromatic heterocycles. The molecule has 6 nitrogen and oxygen atoms in total. The minimum atomic E-state index is -1.05. The maximum atomic E-state index is 11.4. The zero-order valence-corrected chi connectivity index (χ0v) is 9.81. The zero-order chi connectivity index (χ0) is 12.5. The van der Waals surface area contributed by atoms with E-state index in [4.69, 9.17) is 9.47 Å². The maximum Gasteiger partial charge on any atom is 0.408 e. The number of alkyl carbamates (subject to hydrolysis) is 1. The number of ether oxygens (including phenoxy) is 2. The number of rotatable bonds is 1. The second-order valence-electron chi connectivity index (χ2n) is 4.76. The van der Waals surface area contributed by atoms with Crippen LogP contribution >= 0.6 is 0 Å². The van der Waals surface area contributed by atoms with Crippen molar-refractivity contribution < 1.29 is 24.2 Å². The van der Waals surface area contributed by atoms with Crippen LogP contribution in [0.3, 0.4) is 0 Å². The molecule has 0 radical (unpaired) electrons. The first-order valence-electron chi connectivity index (χ1n) is 5.09. The lowest BCUT2D eigenvalue weighted by molar-refractivity contribution is -0.142. The lowest BCUT2D eigenvalue weighted by Crippen LogP contribution is -2.47. The van der Waals surface area contributed by atoms with Crippen LogP contribution in [0.2, 0.25) is 0 Å². The van der Waals surface area contributed by atoms with Crippen LogP contribution < -0.4 is 5.32 Å². The van der Waals surface area contributed by atoms with Crippen LogP contribution in [-0.4, -0.2) is 41.0 Å². The van der Waals surface area contributed by atoms with E-state index in [9.17, 15) is 14.7 Å². The van der Waals surface area contributed by atoms with Crippen LogP contribution in [0.5, 0.6) is 0 Å². The molecule has 1 amide bonds. The van der Waals surface area contributed by atoms with Gasteiger partial charge in [-0.05, 0) is 27.7 Å². The van der Waals surface area contributed by atoms with Gasteiger partial charge in [-0.1, -0.05) is 0 Å². The van der Waals surface area contributed by atoms with Crippen molar-refractivity contribution in [3.8, 4) is 0 Å². The summed E-state index contributed by atoms with van der Waals surface area (Å²) in [6, 6.07) is -1.05. The average molecular weight is 231 g/mol. The molecule has 1 rings (SSSR count). The van der Waals surface area contributed by atoms with E-state index in [-0.39, 0.29) is 0 Å². The molecule has 6 heteroatoms. The summed E-state index contributed by atoms with van der Waals surface area (Å²) >= 11 is 0. The summed E-state index contributed by atoms with van der Waals surface area (Å²) in [5.41, 5.74) is -0.650. The quantitative estimate of drug-likeness (QED) is 0.629. The highest BCUT2D eigenvalue weighted by atomic mass is 16.6. The van der Waals surface area contributed by atoms with Gasteiger partial charge in [0.2, 0.25) is 0 Å². The standard InChI is InChI=1S/C10H17NO5/c1-5-7(12)6(8(13)15-5)11-9(14)16-10(2,3)4/h5-7,12H,1-4H3,(H,11,14)/t5-,6+,7+/m0/s1. The normalized spacial score (nSPS) is 29.8. The molecule has 1 saturated heterocycles. The van der Waals surface area contributed by atoms with Crippen molar-refractivity contribution >= 4 is 12.1 Å². The first-order valence-corrected chi connectivity index (χ1v) is 5.09. The van der Waals surface area contributed by atoms with Gasteiger partial charge in [0, 0.05) is 0 Å². The lowest BCUT2D eigenvalue weighted by Gasteiger charge is -2.21. The van der Waals surface area contributed by atoms with Crippen molar-refractivity contribution in [1.82, 2.24) is 5.32 Å². The third kappa shape index (κ3) is 3.10. The lowest BCUT2D eigenvalue weighted by atomic mass is 10.1. The van der Waals surface area contributed by atoms with Gasteiger partial charge in [-0.15, -0.1) is 0 Å². The SMILES string of the molecule is C[C@@H]1OC(=O)[C@H](NC(=O)OC(C)(C)C)[C@@H]1O. The van der Waals surface area contributed by atoms with Crippen LogP contribution in [0, 0.1) is 0 Å². The Morgan fingerprint density at radius 1 is 1.50 bits per heavy atom. The highest BCUT2D eigenvalue weighted by molar-refractivity contribution is 5.84. The molecule has 92 valence electrons. The Bertz CT molecular complexity index is 296. The minimum absolute atomic E-state index is 0.618. The van der Waals surface area contributed by atoms with Gasteiger partial charge in [-0.25, -0.2) is 9.59 Å².